The average molecular weight is 358 g/mol. The highest BCUT2D eigenvalue weighted by Crippen LogP contribution is 2.65. The molecule has 0 unspecified atom stereocenters. The van der Waals surface area contributed by atoms with E-state index in [0.29, 0.717) is 26.2 Å². The standard InChI is InChI=1S/C21H30N2O3/c1-16-6-8-17(9-7-16)21(15-20(21,2)3)19(25)23-11-5-10-22(12-13-23)18(24)14-26-4/h6-9H,5,10-15H2,1-4H3/t21-/m1/s1. The molecule has 1 saturated carbocycles. The Morgan fingerprint density at radius 1 is 1.04 bits per heavy atom. The first-order valence-corrected chi connectivity index (χ1v) is 9.45. The van der Waals surface area contributed by atoms with Crippen LogP contribution < -0.4 is 0 Å². The number of aryl methyl sites for hydroxylation is 1. The molecule has 0 N–H and O–H groups in total. The Kier molecular flexibility index (Phi) is 5.11. The predicted octanol–water partition coefficient (Wildman–Crippen LogP) is 2.37. The first kappa shape index (κ1) is 18.9. The summed E-state index contributed by atoms with van der Waals surface area (Å²) in [5.41, 5.74) is 1.87. The molecule has 2 fully saturated rings. The molecule has 1 aliphatic heterocycles. The normalized spacial score (nSPS) is 24.9. The molecule has 2 aliphatic rings. The van der Waals surface area contributed by atoms with Gasteiger partial charge in [0, 0.05) is 33.3 Å². The SMILES string of the molecule is COCC(=O)N1CCCN(C(=O)[C@]2(c3ccc(C)cc3)CC2(C)C)CC1. The van der Waals surface area contributed by atoms with Crippen molar-refractivity contribution < 1.29 is 14.3 Å². The maximum atomic E-state index is 13.5. The maximum Gasteiger partial charge on any atom is 0.248 e. The van der Waals surface area contributed by atoms with Gasteiger partial charge in [0.1, 0.15) is 6.61 Å². The number of benzene rings is 1. The predicted molar refractivity (Wildman–Crippen MR) is 101 cm³/mol. The van der Waals surface area contributed by atoms with Gasteiger partial charge in [-0.05, 0) is 30.7 Å². The van der Waals surface area contributed by atoms with Crippen LogP contribution in [0.15, 0.2) is 24.3 Å². The number of hydrogen-bond donors (Lipinski definition) is 0. The Balaban J connectivity index is 1.77. The van der Waals surface area contributed by atoms with E-state index in [1.54, 1.807) is 0 Å². The molecular formula is C21H30N2O3. The molecule has 0 bridgehead atoms. The lowest BCUT2D eigenvalue weighted by Crippen LogP contribution is -2.44. The summed E-state index contributed by atoms with van der Waals surface area (Å²) >= 11 is 0. The minimum atomic E-state index is -0.424. The van der Waals surface area contributed by atoms with Crippen molar-refractivity contribution in [2.45, 2.75) is 39.0 Å². The van der Waals surface area contributed by atoms with Gasteiger partial charge in [-0.15, -0.1) is 0 Å². The highest BCUT2D eigenvalue weighted by atomic mass is 16.5. The molecule has 2 amide bonds. The third-order valence-electron chi connectivity index (χ3n) is 6.05. The van der Waals surface area contributed by atoms with Crippen molar-refractivity contribution >= 4 is 11.8 Å². The van der Waals surface area contributed by atoms with Gasteiger partial charge in [0.25, 0.3) is 0 Å². The summed E-state index contributed by atoms with van der Waals surface area (Å²) in [4.78, 5) is 29.4. The third kappa shape index (κ3) is 3.25. The molecule has 1 aromatic rings. The second kappa shape index (κ2) is 7.03. The minimum Gasteiger partial charge on any atom is -0.375 e. The van der Waals surface area contributed by atoms with Gasteiger partial charge in [-0.25, -0.2) is 0 Å². The second-order valence-corrected chi connectivity index (χ2v) is 8.29. The van der Waals surface area contributed by atoms with Crippen molar-refractivity contribution in [2.24, 2.45) is 5.41 Å². The largest absolute Gasteiger partial charge is 0.375 e. The van der Waals surface area contributed by atoms with Crippen LogP contribution in [0.2, 0.25) is 0 Å². The highest BCUT2D eigenvalue weighted by molar-refractivity contribution is 5.93. The number of amides is 2. The van der Waals surface area contributed by atoms with Gasteiger partial charge in [-0.2, -0.15) is 0 Å². The Labute approximate surface area is 156 Å². The lowest BCUT2D eigenvalue weighted by atomic mass is 9.86. The van der Waals surface area contributed by atoms with Crippen LogP contribution in [0, 0.1) is 12.3 Å². The van der Waals surface area contributed by atoms with E-state index in [9.17, 15) is 9.59 Å². The third-order valence-corrected chi connectivity index (χ3v) is 6.05. The maximum absolute atomic E-state index is 13.5. The molecule has 1 heterocycles. The van der Waals surface area contributed by atoms with E-state index in [-0.39, 0.29) is 23.8 Å². The van der Waals surface area contributed by atoms with E-state index in [4.69, 9.17) is 4.74 Å². The van der Waals surface area contributed by atoms with E-state index in [2.05, 4.69) is 45.0 Å². The van der Waals surface area contributed by atoms with Crippen molar-refractivity contribution in [3.63, 3.8) is 0 Å². The van der Waals surface area contributed by atoms with E-state index in [1.165, 1.54) is 12.7 Å². The van der Waals surface area contributed by atoms with Crippen molar-refractivity contribution in [2.75, 3.05) is 39.9 Å². The molecule has 0 aromatic heterocycles. The number of rotatable bonds is 4. The van der Waals surface area contributed by atoms with Crippen LogP contribution in [0.1, 0.15) is 37.8 Å². The Hall–Kier alpha value is -1.88. The lowest BCUT2D eigenvalue weighted by Gasteiger charge is -2.29. The van der Waals surface area contributed by atoms with Gasteiger partial charge in [0.2, 0.25) is 11.8 Å². The summed E-state index contributed by atoms with van der Waals surface area (Å²) in [5.74, 6) is 0.217. The summed E-state index contributed by atoms with van der Waals surface area (Å²) in [5, 5.41) is 0. The molecule has 0 spiro atoms. The molecular weight excluding hydrogens is 328 g/mol. The quantitative estimate of drug-likeness (QED) is 0.830. The smallest absolute Gasteiger partial charge is 0.248 e. The molecule has 1 atom stereocenters. The fraction of sp³-hybridized carbons (Fsp3) is 0.619. The first-order chi connectivity index (χ1) is 12.3. The number of hydrogen-bond acceptors (Lipinski definition) is 3. The molecule has 26 heavy (non-hydrogen) atoms. The van der Waals surface area contributed by atoms with Crippen LogP contribution in [-0.4, -0.2) is 61.5 Å². The Morgan fingerprint density at radius 3 is 2.19 bits per heavy atom. The Bertz CT molecular complexity index is 683. The minimum absolute atomic E-state index is 0.00167. The molecule has 1 aliphatic carbocycles. The molecule has 1 saturated heterocycles. The summed E-state index contributed by atoms with van der Waals surface area (Å²) in [7, 11) is 1.53. The molecule has 3 rings (SSSR count). The lowest BCUT2D eigenvalue weighted by molar-refractivity contribution is -0.137. The van der Waals surface area contributed by atoms with Gasteiger partial charge in [0.15, 0.2) is 0 Å². The van der Waals surface area contributed by atoms with Gasteiger partial charge in [-0.3, -0.25) is 9.59 Å². The average Bonchev–Trinajstić information content (AvgIpc) is 3.27. The molecule has 0 radical (unpaired) electrons. The van der Waals surface area contributed by atoms with Crippen molar-refractivity contribution in [3.05, 3.63) is 35.4 Å². The zero-order chi connectivity index (χ0) is 18.9. The topological polar surface area (TPSA) is 49.9 Å². The van der Waals surface area contributed by atoms with Crippen LogP contribution in [0.3, 0.4) is 0 Å². The Morgan fingerprint density at radius 2 is 1.62 bits per heavy atom. The van der Waals surface area contributed by atoms with Crippen LogP contribution in [0.5, 0.6) is 0 Å². The summed E-state index contributed by atoms with van der Waals surface area (Å²) in [6, 6.07) is 8.39. The number of methoxy groups -OCH3 is 1. The number of ether oxygens (including phenoxy) is 1. The van der Waals surface area contributed by atoms with Crippen molar-refractivity contribution in [3.8, 4) is 0 Å². The van der Waals surface area contributed by atoms with Gasteiger partial charge in [-0.1, -0.05) is 43.7 Å². The van der Waals surface area contributed by atoms with Crippen molar-refractivity contribution in [1.29, 1.82) is 0 Å². The second-order valence-electron chi connectivity index (χ2n) is 8.29. The molecule has 5 nitrogen and oxygen atoms in total. The summed E-state index contributed by atoms with van der Waals surface area (Å²) in [6.07, 6.45) is 1.69. The zero-order valence-electron chi connectivity index (χ0n) is 16.4. The first-order valence-electron chi connectivity index (χ1n) is 9.45. The molecule has 1 aromatic carbocycles. The monoisotopic (exact) mass is 358 g/mol. The zero-order valence-corrected chi connectivity index (χ0v) is 16.4. The molecule has 142 valence electrons. The summed E-state index contributed by atoms with van der Waals surface area (Å²) in [6.45, 7) is 9.10. The van der Waals surface area contributed by atoms with Gasteiger partial charge >= 0.3 is 0 Å². The van der Waals surface area contributed by atoms with Gasteiger partial charge < -0.3 is 14.5 Å². The fourth-order valence-electron chi connectivity index (χ4n) is 4.29. The van der Waals surface area contributed by atoms with Crippen LogP contribution in [-0.2, 0) is 19.7 Å². The van der Waals surface area contributed by atoms with Crippen LogP contribution in [0.4, 0.5) is 0 Å². The van der Waals surface area contributed by atoms with E-state index < -0.39 is 5.41 Å². The van der Waals surface area contributed by atoms with E-state index in [0.717, 1.165) is 18.4 Å². The summed E-state index contributed by atoms with van der Waals surface area (Å²) < 4.78 is 4.96. The number of carbonyl (C=O) groups excluding carboxylic acids is 2. The van der Waals surface area contributed by atoms with Gasteiger partial charge in [0.05, 0.1) is 5.41 Å². The van der Waals surface area contributed by atoms with Crippen molar-refractivity contribution in [1.82, 2.24) is 9.80 Å². The van der Waals surface area contributed by atoms with Crippen LogP contribution in [0.25, 0.3) is 0 Å². The highest BCUT2D eigenvalue weighted by Gasteiger charge is 2.67. The number of carbonyl (C=O) groups is 2. The number of nitrogens with zero attached hydrogens (tertiary/aromatic N) is 2. The fourth-order valence-corrected chi connectivity index (χ4v) is 4.29. The van der Waals surface area contributed by atoms with Crippen LogP contribution >= 0.6 is 0 Å². The molecule has 5 heteroatoms. The van der Waals surface area contributed by atoms with E-state index >= 15 is 0 Å². The van der Waals surface area contributed by atoms with E-state index in [1.807, 2.05) is 9.80 Å².